The van der Waals surface area contributed by atoms with Crippen LogP contribution >= 0.6 is 0 Å². The van der Waals surface area contributed by atoms with E-state index in [4.69, 9.17) is 5.11 Å². The highest BCUT2D eigenvalue weighted by Crippen LogP contribution is 2.20. The van der Waals surface area contributed by atoms with Crippen molar-refractivity contribution in [3.63, 3.8) is 0 Å². The minimum Gasteiger partial charge on any atom is -0.382 e. The molecule has 7 heteroatoms. The summed E-state index contributed by atoms with van der Waals surface area (Å²) in [6.07, 6.45) is -5.86. The highest BCUT2D eigenvalue weighted by atomic mass is 19.4. The fourth-order valence-corrected chi connectivity index (χ4v) is 1.69. The molecular formula is C13H11F3N2O2. The predicted molar refractivity (Wildman–Crippen MR) is 66.1 cm³/mol. The highest BCUT2D eigenvalue weighted by molar-refractivity contribution is 6.05. The van der Waals surface area contributed by atoms with Gasteiger partial charge < -0.3 is 10.4 Å². The minimum atomic E-state index is -4.76. The van der Waals surface area contributed by atoms with Gasteiger partial charge in [0.15, 0.2) is 6.10 Å². The maximum Gasteiger partial charge on any atom is 0.416 e. The molecule has 4 nitrogen and oxygen atoms in total. The maximum atomic E-state index is 12.1. The molecule has 1 aromatic heterocycles. The lowest BCUT2D eigenvalue weighted by Gasteiger charge is -2.15. The van der Waals surface area contributed by atoms with E-state index in [1.54, 1.807) is 24.3 Å². The summed E-state index contributed by atoms with van der Waals surface area (Å²) in [7, 11) is 0. The number of aromatic nitrogens is 1. The van der Waals surface area contributed by atoms with Crippen LogP contribution in [-0.4, -0.2) is 34.8 Å². The number of fused-ring (bicyclic) bond motifs is 1. The van der Waals surface area contributed by atoms with E-state index in [0.29, 0.717) is 10.9 Å². The summed E-state index contributed by atoms with van der Waals surface area (Å²) in [4.78, 5) is 15.9. The lowest BCUT2D eigenvalue weighted by atomic mass is 10.1. The number of pyridine rings is 1. The Labute approximate surface area is 112 Å². The van der Waals surface area contributed by atoms with Gasteiger partial charge in [-0.15, -0.1) is 0 Å². The number of benzene rings is 1. The first-order chi connectivity index (χ1) is 9.39. The smallest absolute Gasteiger partial charge is 0.382 e. The fraction of sp³-hybridized carbons (Fsp3) is 0.231. The quantitative estimate of drug-likeness (QED) is 0.904. The largest absolute Gasteiger partial charge is 0.416 e. The SMILES string of the molecule is O=C(NCC(O)C(F)(F)F)c1cccc2cccnc12. The van der Waals surface area contributed by atoms with Crippen LogP contribution in [0.4, 0.5) is 13.2 Å². The van der Waals surface area contributed by atoms with Crippen LogP contribution in [0.2, 0.25) is 0 Å². The van der Waals surface area contributed by atoms with E-state index >= 15 is 0 Å². The van der Waals surface area contributed by atoms with E-state index in [9.17, 15) is 18.0 Å². The van der Waals surface area contributed by atoms with E-state index in [2.05, 4.69) is 4.98 Å². The minimum absolute atomic E-state index is 0.164. The van der Waals surface area contributed by atoms with Crippen molar-refractivity contribution in [2.24, 2.45) is 0 Å². The Bertz CT molecular complexity index is 623. The van der Waals surface area contributed by atoms with Gasteiger partial charge in [-0.3, -0.25) is 9.78 Å². The van der Waals surface area contributed by atoms with Crippen LogP contribution in [0.25, 0.3) is 10.9 Å². The molecule has 106 valence electrons. The van der Waals surface area contributed by atoms with Gasteiger partial charge in [0.05, 0.1) is 17.6 Å². The monoisotopic (exact) mass is 284 g/mol. The highest BCUT2D eigenvalue weighted by Gasteiger charge is 2.38. The summed E-state index contributed by atoms with van der Waals surface area (Å²) in [5.41, 5.74) is 0.562. The fourth-order valence-electron chi connectivity index (χ4n) is 1.69. The lowest BCUT2D eigenvalue weighted by molar-refractivity contribution is -0.201. The first-order valence-electron chi connectivity index (χ1n) is 5.76. The molecule has 1 amide bonds. The normalized spacial score (nSPS) is 13.2. The third kappa shape index (κ3) is 3.05. The van der Waals surface area contributed by atoms with Gasteiger partial charge in [-0.25, -0.2) is 0 Å². The van der Waals surface area contributed by atoms with Gasteiger partial charge >= 0.3 is 6.18 Å². The van der Waals surface area contributed by atoms with Crippen LogP contribution in [0.15, 0.2) is 36.5 Å². The second-order valence-electron chi connectivity index (χ2n) is 4.15. The van der Waals surface area contributed by atoms with E-state index in [1.807, 2.05) is 5.32 Å². The van der Waals surface area contributed by atoms with Crippen molar-refractivity contribution in [3.8, 4) is 0 Å². The Balaban J connectivity index is 2.16. The van der Waals surface area contributed by atoms with Crippen LogP contribution in [0, 0.1) is 0 Å². The zero-order valence-electron chi connectivity index (χ0n) is 10.2. The number of nitrogens with one attached hydrogen (secondary N) is 1. The van der Waals surface area contributed by atoms with E-state index in [1.165, 1.54) is 12.3 Å². The topological polar surface area (TPSA) is 62.2 Å². The second kappa shape index (κ2) is 5.46. The summed E-state index contributed by atoms with van der Waals surface area (Å²) < 4.78 is 36.4. The van der Waals surface area contributed by atoms with Crippen molar-refractivity contribution >= 4 is 16.8 Å². The first-order valence-corrected chi connectivity index (χ1v) is 5.76. The Morgan fingerprint density at radius 3 is 2.70 bits per heavy atom. The average molecular weight is 284 g/mol. The molecule has 1 heterocycles. The number of halogens is 3. The zero-order chi connectivity index (χ0) is 14.8. The lowest BCUT2D eigenvalue weighted by Crippen LogP contribution is -2.40. The van der Waals surface area contributed by atoms with Gasteiger partial charge in [0, 0.05) is 11.6 Å². The number of hydrogen-bond donors (Lipinski definition) is 2. The van der Waals surface area contributed by atoms with Crippen LogP contribution in [0.3, 0.4) is 0 Å². The number of aliphatic hydroxyl groups is 1. The third-order valence-corrected chi connectivity index (χ3v) is 2.71. The number of alkyl halides is 3. The van der Waals surface area contributed by atoms with Crippen LogP contribution in [-0.2, 0) is 0 Å². The van der Waals surface area contributed by atoms with Gasteiger partial charge in [-0.1, -0.05) is 18.2 Å². The molecule has 2 N–H and O–H groups in total. The first kappa shape index (κ1) is 14.3. The molecule has 1 unspecified atom stereocenters. The van der Waals surface area contributed by atoms with Crippen molar-refractivity contribution in [2.75, 3.05) is 6.54 Å². The molecule has 2 aromatic rings. The molecule has 0 saturated heterocycles. The van der Waals surface area contributed by atoms with Crippen molar-refractivity contribution in [1.29, 1.82) is 0 Å². The summed E-state index contributed by atoms with van der Waals surface area (Å²) in [6.45, 7) is -0.897. The third-order valence-electron chi connectivity index (χ3n) is 2.71. The summed E-state index contributed by atoms with van der Waals surface area (Å²) in [6, 6.07) is 8.24. The zero-order valence-corrected chi connectivity index (χ0v) is 10.2. The van der Waals surface area contributed by atoms with E-state index in [-0.39, 0.29) is 5.56 Å². The Kier molecular flexibility index (Phi) is 3.89. The number of rotatable bonds is 3. The average Bonchev–Trinajstić information content (AvgIpc) is 2.42. The van der Waals surface area contributed by atoms with Crippen molar-refractivity contribution in [1.82, 2.24) is 10.3 Å². The molecule has 0 aliphatic rings. The molecule has 0 bridgehead atoms. The van der Waals surface area contributed by atoms with Gasteiger partial charge in [-0.05, 0) is 12.1 Å². The molecule has 0 spiro atoms. The van der Waals surface area contributed by atoms with Crippen LogP contribution < -0.4 is 5.32 Å². The molecular weight excluding hydrogens is 273 g/mol. The molecule has 0 saturated carbocycles. The molecule has 1 aromatic carbocycles. The number of amides is 1. The van der Waals surface area contributed by atoms with E-state index < -0.39 is 24.7 Å². The maximum absolute atomic E-state index is 12.1. The summed E-state index contributed by atoms with van der Waals surface area (Å²) >= 11 is 0. The number of carbonyl (C=O) groups excluding carboxylic acids is 1. The Morgan fingerprint density at radius 2 is 2.00 bits per heavy atom. The Hall–Kier alpha value is -2.15. The molecule has 0 aliphatic carbocycles. The van der Waals surface area contributed by atoms with Crippen molar-refractivity contribution < 1.29 is 23.1 Å². The molecule has 1 atom stereocenters. The molecule has 2 rings (SSSR count). The predicted octanol–water partition coefficient (Wildman–Crippen LogP) is 1.89. The summed E-state index contributed by atoms with van der Waals surface area (Å²) in [5.74, 6) is -0.711. The van der Waals surface area contributed by atoms with Gasteiger partial charge in [0.2, 0.25) is 0 Å². The van der Waals surface area contributed by atoms with Crippen LogP contribution in [0.5, 0.6) is 0 Å². The molecule has 0 radical (unpaired) electrons. The summed E-state index contributed by atoms with van der Waals surface area (Å²) in [5, 5.41) is 11.6. The number of carbonyl (C=O) groups is 1. The molecule has 20 heavy (non-hydrogen) atoms. The van der Waals surface area contributed by atoms with Crippen LogP contribution in [0.1, 0.15) is 10.4 Å². The number of aliphatic hydroxyl groups excluding tert-OH is 1. The molecule has 0 aliphatic heterocycles. The van der Waals surface area contributed by atoms with Gasteiger partial charge in [0.1, 0.15) is 0 Å². The van der Waals surface area contributed by atoms with Crippen molar-refractivity contribution in [2.45, 2.75) is 12.3 Å². The number of para-hydroxylation sites is 1. The van der Waals surface area contributed by atoms with E-state index in [0.717, 1.165) is 0 Å². The van der Waals surface area contributed by atoms with Gasteiger partial charge in [0.25, 0.3) is 5.91 Å². The number of hydrogen-bond acceptors (Lipinski definition) is 3. The second-order valence-corrected chi connectivity index (χ2v) is 4.15. The Morgan fingerprint density at radius 1 is 1.30 bits per heavy atom. The number of nitrogens with zero attached hydrogens (tertiary/aromatic N) is 1. The van der Waals surface area contributed by atoms with Gasteiger partial charge in [-0.2, -0.15) is 13.2 Å². The molecule has 0 fully saturated rings. The standard InChI is InChI=1S/C13H11F3N2O2/c14-13(15,16)10(19)7-18-12(20)9-5-1-3-8-4-2-6-17-11(8)9/h1-6,10,19H,7H2,(H,18,20). The van der Waals surface area contributed by atoms with Crippen molar-refractivity contribution in [3.05, 3.63) is 42.1 Å².